The lowest BCUT2D eigenvalue weighted by Crippen LogP contribution is -2.44. The molecule has 2 atom stereocenters. The highest BCUT2D eigenvalue weighted by Crippen LogP contribution is 2.15. The first kappa shape index (κ1) is 12.1. The average molecular weight is 239 g/mol. The Morgan fingerprint density at radius 3 is 2.71 bits per heavy atom. The van der Waals surface area contributed by atoms with E-state index in [-0.39, 0.29) is 17.7 Å². The monoisotopic (exact) mass is 239 g/mol. The van der Waals surface area contributed by atoms with Crippen LogP contribution in [0, 0.1) is 13.8 Å². The highest BCUT2D eigenvalue weighted by atomic mass is 16.4. The van der Waals surface area contributed by atoms with Crippen LogP contribution in [0.3, 0.4) is 0 Å². The van der Waals surface area contributed by atoms with Crippen molar-refractivity contribution in [3.8, 4) is 0 Å². The maximum Gasteiger partial charge on any atom is 0.291 e. The molecule has 0 aromatic carbocycles. The fourth-order valence-electron chi connectivity index (χ4n) is 2.09. The van der Waals surface area contributed by atoms with E-state index in [0.29, 0.717) is 24.7 Å². The Morgan fingerprint density at radius 2 is 2.24 bits per heavy atom. The summed E-state index contributed by atoms with van der Waals surface area (Å²) < 4.78 is 5.29. The minimum Gasteiger partial charge on any atom is -0.436 e. The minimum atomic E-state index is -0.534. The maximum absolute atomic E-state index is 12.2. The van der Waals surface area contributed by atoms with Gasteiger partial charge in [-0.15, -0.1) is 0 Å². The Morgan fingerprint density at radius 1 is 1.53 bits per heavy atom. The van der Waals surface area contributed by atoms with Crippen molar-refractivity contribution in [1.29, 1.82) is 0 Å². The van der Waals surface area contributed by atoms with Crippen molar-refractivity contribution in [3.05, 3.63) is 17.3 Å². The van der Waals surface area contributed by atoms with Gasteiger partial charge in [0.25, 0.3) is 5.91 Å². The molecule has 0 radical (unpaired) electrons. The molecule has 6 nitrogen and oxygen atoms in total. The molecule has 1 aliphatic heterocycles. The molecule has 17 heavy (non-hydrogen) atoms. The predicted octanol–water partition coefficient (Wildman–Crippen LogP) is -0.304. The number of nitrogens with zero attached hydrogens (tertiary/aromatic N) is 2. The SMILES string of the molecule is Cc1nc(C)c(C(=O)N(C)[C@H]2CNC[C@@H]2O)o1. The number of nitrogens with one attached hydrogen (secondary N) is 1. The van der Waals surface area contributed by atoms with E-state index in [0.717, 1.165) is 0 Å². The van der Waals surface area contributed by atoms with Gasteiger partial charge in [-0.05, 0) is 6.92 Å². The Balaban J connectivity index is 2.17. The number of aliphatic hydroxyl groups excluding tert-OH is 1. The molecule has 94 valence electrons. The topological polar surface area (TPSA) is 78.6 Å². The molecule has 0 unspecified atom stereocenters. The number of aromatic nitrogens is 1. The second-order valence-corrected chi connectivity index (χ2v) is 4.36. The number of rotatable bonds is 2. The smallest absolute Gasteiger partial charge is 0.291 e. The molecule has 6 heteroatoms. The van der Waals surface area contributed by atoms with Crippen LogP contribution in [0.1, 0.15) is 22.1 Å². The van der Waals surface area contributed by atoms with Gasteiger partial charge in [0.15, 0.2) is 5.89 Å². The number of β-amino-alcohol motifs (C(OH)–C–C–N with tert-alkyl or cyclic N) is 1. The molecule has 1 saturated heterocycles. The fraction of sp³-hybridized carbons (Fsp3) is 0.636. The number of oxazole rings is 1. The van der Waals surface area contributed by atoms with Gasteiger partial charge < -0.3 is 19.7 Å². The highest BCUT2D eigenvalue weighted by molar-refractivity contribution is 5.92. The third-order valence-electron chi connectivity index (χ3n) is 3.07. The lowest BCUT2D eigenvalue weighted by Gasteiger charge is -2.25. The highest BCUT2D eigenvalue weighted by Gasteiger charge is 2.33. The summed E-state index contributed by atoms with van der Waals surface area (Å²) in [5, 5.41) is 12.8. The van der Waals surface area contributed by atoms with Crippen LogP contribution in [0.15, 0.2) is 4.42 Å². The molecule has 1 aromatic heterocycles. The summed E-state index contributed by atoms with van der Waals surface area (Å²) >= 11 is 0. The Kier molecular flexibility index (Phi) is 3.17. The van der Waals surface area contributed by atoms with E-state index in [4.69, 9.17) is 4.42 Å². The van der Waals surface area contributed by atoms with Crippen molar-refractivity contribution in [2.75, 3.05) is 20.1 Å². The summed E-state index contributed by atoms with van der Waals surface area (Å²) in [5.41, 5.74) is 0.583. The molecule has 0 spiro atoms. The zero-order valence-corrected chi connectivity index (χ0v) is 10.2. The zero-order chi connectivity index (χ0) is 12.6. The molecule has 2 N–H and O–H groups in total. The molecule has 0 saturated carbocycles. The van der Waals surface area contributed by atoms with Crippen LogP contribution in [-0.4, -0.2) is 53.2 Å². The van der Waals surface area contributed by atoms with Crippen LogP contribution in [0.4, 0.5) is 0 Å². The first-order valence-corrected chi connectivity index (χ1v) is 5.60. The zero-order valence-electron chi connectivity index (χ0n) is 10.2. The molecule has 1 aliphatic rings. The number of hydrogen-bond acceptors (Lipinski definition) is 5. The maximum atomic E-state index is 12.2. The summed E-state index contributed by atoms with van der Waals surface area (Å²) in [6.07, 6.45) is -0.534. The van der Waals surface area contributed by atoms with Crippen LogP contribution in [-0.2, 0) is 0 Å². The standard InChI is InChI=1S/C11H17N3O3/c1-6-10(17-7(2)13-6)11(16)14(3)8-4-12-5-9(8)15/h8-9,12,15H,4-5H2,1-3H3/t8-,9-/m0/s1. The largest absolute Gasteiger partial charge is 0.436 e. The second kappa shape index (κ2) is 4.46. The molecule has 0 aliphatic carbocycles. The van der Waals surface area contributed by atoms with E-state index in [2.05, 4.69) is 10.3 Å². The van der Waals surface area contributed by atoms with Crippen LogP contribution in [0.5, 0.6) is 0 Å². The van der Waals surface area contributed by atoms with E-state index in [9.17, 15) is 9.90 Å². The summed E-state index contributed by atoms with van der Waals surface area (Å²) in [7, 11) is 1.67. The first-order valence-electron chi connectivity index (χ1n) is 5.60. The van der Waals surface area contributed by atoms with E-state index < -0.39 is 6.10 Å². The molecule has 1 aromatic rings. The number of aliphatic hydroxyl groups is 1. The van der Waals surface area contributed by atoms with Gasteiger partial charge in [0.2, 0.25) is 5.76 Å². The molecule has 2 heterocycles. The van der Waals surface area contributed by atoms with Crippen LogP contribution >= 0.6 is 0 Å². The summed E-state index contributed by atoms with van der Waals surface area (Å²) in [6, 6.07) is -0.215. The Labute approximate surface area is 99.6 Å². The quantitative estimate of drug-likeness (QED) is 0.740. The third-order valence-corrected chi connectivity index (χ3v) is 3.07. The van der Waals surface area contributed by atoms with Gasteiger partial charge in [-0.3, -0.25) is 4.79 Å². The second-order valence-electron chi connectivity index (χ2n) is 4.36. The number of carbonyl (C=O) groups excluding carboxylic acids is 1. The predicted molar refractivity (Wildman–Crippen MR) is 60.7 cm³/mol. The van der Waals surface area contributed by atoms with Crippen LogP contribution < -0.4 is 5.32 Å². The number of aryl methyl sites for hydroxylation is 2. The number of hydrogen-bond donors (Lipinski definition) is 2. The van der Waals surface area contributed by atoms with Crippen molar-refractivity contribution < 1.29 is 14.3 Å². The molecule has 0 bridgehead atoms. The van der Waals surface area contributed by atoms with Crippen molar-refractivity contribution in [1.82, 2.24) is 15.2 Å². The number of likely N-dealkylation sites (N-methyl/N-ethyl adjacent to an activating group) is 1. The van der Waals surface area contributed by atoms with Gasteiger partial charge >= 0.3 is 0 Å². The summed E-state index contributed by atoms with van der Waals surface area (Å²) in [5.74, 6) is 0.490. The van der Waals surface area contributed by atoms with Crippen molar-refractivity contribution in [2.24, 2.45) is 0 Å². The van der Waals surface area contributed by atoms with Gasteiger partial charge in [-0.25, -0.2) is 4.98 Å². The van der Waals surface area contributed by atoms with Crippen molar-refractivity contribution >= 4 is 5.91 Å². The molecule has 1 amide bonds. The van der Waals surface area contributed by atoms with Crippen LogP contribution in [0.25, 0.3) is 0 Å². The van der Waals surface area contributed by atoms with E-state index >= 15 is 0 Å². The van der Waals surface area contributed by atoms with Gasteiger partial charge in [-0.1, -0.05) is 0 Å². The normalized spacial score (nSPS) is 24.0. The number of amides is 1. The average Bonchev–Trinajstić information content (AvgIpc) is 2.82. The summed E-state index contributed by atoms with van der Waals surface area (Å²) in [4.78, 5) is 17.7. The van der Waals surface area contributed by atoms with Crippen molar-refractivity contribution in [3.63, 3.8) is 0 Å². The molecular weight excluding hydrogens is 222 g/mol. The molecule has 2 rings (SSSR count). The lowest BCUT2D eigenvalue weighted by atomic mass is 10.2. The Bertz CT molecular complexity index is 430. The van der Waals surface area contributed by atoms with E-state index in [1.807, 2.05) is 0 Å². The molecule has 1 fully saturated rings. The van der Waals surface area contributed by atoms with Gasteiger partial charge in [-0.2, -0.15) is 0 Å². The van der Waals surface area contributed by atoms with Gasteiger partial charge in [0, 0.05) is 27.1 Å². The van der Waals surface area contributed by atoms with E-state index in [1.54, 1.807) is 20.9 Å². The molecular formula is C11H17N3O3. The first-order chi connectivity index (χ1) is 8.00. The van der Waals surface area contributed by atoms with Crippen LogP contribution in [0.2, 0.25) is 0 Å². The van der Waals surface area contributed by atoms with Gasteiger partial charge in [0.05, 0.1) is 17.8 Å². The summed E-state index contributed by atoms with van der Waals surface area (Å²) in [6.45, 7) is 4.54. The lowest BCUT2D eigenvalue weighted by molar-refractivity contribution is 0.0550. The third kappa shape index (κ3) is 2.18. The van der Waals surface area contributed by atoms with E-state index in [1.165, 1.54) is 4.90 Å². The minimum absolute atomic E-state index is 0.215. The van der Waals surface area contributed by atoms with Gasteiger partial charge in [0.1, 0.15) is 0 Å². The fourth-order valence-corrected chi connectivity index (χ4v) is 2.09. The number of carbonyl (C=O) groups is 1. The Hall–Kier alpha value is -1.40. The van der Waals surface area contributed by atoms with Crippen molar-refractivity contribution in [2.45, 2.75) is 26.0 Å².